The van der Waals surface area contributed by atoms with E-state index in [-0.39, 0.29) is 0 Å². The van der Waals surface area contributed by atoms with E-state index >= 15 is 0 Å². The SMILES string of the molecule is N#CCCCCCCC/C=C\CCCCCCCC=O. The van der Waals surface area contributed by atoms with Crippen molar-refractivity contribution in [3.63, 3.8) is 0 Å². The highest BCUT2D eigenvalue weighted by molar-refractivity contribution is 5.48. The Labute approximate surface area is 125 Å². The molecule has 0 amide bonds. The molecule has 114 valence electrons. The molecule has 0 aliphatic carbocycles. The number of hydrogen-bond acceptors (Lipinski definition) is 2. The second-order valence-corrected chi connectivity index (χ2v) is 5.45. The Morgan fingerprint density at radius 2 is 1.10 bits per heavy atom. The Morgan fingerprint density at radius 1 is 0.650 bits per heavy atom. The van der Waals surface area contributed by atoms with Crippen molar-refractivity contribution >= 4 is 6.29 Å². The summed E-state index contributed by atoms with van der Waals surface area (Å²) in [6.45, 7) is 0. The summed E-state index contributed by atoms with van der Waals surface area (Å²) in [5.74, 6) is 0. The normalized spacial score (nSPS) is 10.8. The van der Waals surface area contributed by atoms with Gasteiger partial charge in [0, 0.05) is 12.8 Å². The molecule has 0 aliphatic rings. The molecule has 20 heavy (non-hydrogen) atoms. The fraction of sp³-hybridized carbons (Fsp3) is 0.778. The van der Waals surface area contributed by atoms with E-state index in [2.05, 4.69) is 18.2 Å². The minimum absolute atomic E-state index is 0.717. The van der Waals surface area contributed by atoms with Gasteiger partial charge < -0.3 is 4.79 Å². The highest BCUT2D eigenvalue weighted by atomic mass is 16.1. The summed E-state index contributed by atoms with van der Waals surface area (Å²) in [5, 5.41) is 8.41. The standard InChI is InChI=1S/C18H31NO/c19-17-15-13-11-9-7-5-3-1-2-4-6-8-10-12-14-16-18-20/h1-2,18H,3-16H2/b2-1-. The van der Waals surface area contributed by atoms with Crippen molar-refractivity contribution in [2.45, 2.75) is 89.9 Å². The van der Waals surface area contributed by atoms with Crippen molar-refractivity contribution in [3.8, 4) is 6.07 Å². The van der Waals surface area contributed by atoms with E-state index in [1.807, 2.05) is 0 Å². The lowest BCUT2D eigenvalue weighted by Gasteiger charge is -1.98. The Balaban J connectivity index is 3.05. The van der Waals surface area contributed by atoms with Crippen LogP contribution in [0, 0.1) is 11.3 Å². The zero-order valence-electron chi connectivity index (χ0n) is 13.0. The highest BCUT2D eigenvalue weighted by Gasteiger charge is 1.90. The zero-order valence-corrected chi connectivity index (χ0v) is 13.0. The number of carbonyl (C=O) groups excluding carboxylic acids is 1. The first-order chi connectivity index (χ1) is 9.91. The summed E-state index contributed by atoms with van der Waals surface area (Å²) in [7, 11) is 0. The molecule has 0 rings (SSSR count). The fourth-order valence-corrected chi connectivity index (χ4v) is 2.25. The molecule has 0 N–H and O–H groups in total. The number of aldehydes is 1. The average Bonchev–Trinajstić information content (AvgIpc) is 2.47. The van der Waals surface area contributed by atoms with Crippen LogP contribution in [-0.2, 0) is 4.79 Å². The molecule has 2 heteroatoms. The minimum atomic E-state index is 0.717. The second kappa shape index (κ2) is 17.9. The predicted octanol–water partition coefficient (Wildman–Crippen LogP) is 5.73. The molecule has 0 saturated carbocycles. The molecule has 0 aromatic carbocycles. The molecule has 0 bridgehead atoms. The van der Waals surface area contributed by atoms with Crippen molar-refractivity contribution in [1.29, 1.82) is 5.26 Å². The molecule has 0 atom stereocenters. The summed E-state index contributed by atoms with van der Waals surface area (Å²) in [6, 6.07) is 2.19. The molecule has 0 saturated heterocycles. The van der Waals surface area contributed by atoms with Crippen molar-refractivity contribution in [2.24, 2.45) is 0 Å². The van der Waals surface area contributed by atoms with Gasteiger partial charge in [-0.05, 0) is 38.5 Å². The van der Waals surface area contributed by atoms with E-state index in [1.54, 1.807) is 0 Å². The topological polar surface area (TPSA) is 40.9 Å². The van der Waals surface area contributed by atoms with Crippen LogP contribution in [0.3, 0.4) is 0 Å². The van der Waals surface area contributed by atoms with E-state index < -0.39 is 0 Å². The maximum absolute atomic E-state index is 10.1. The monoisotopic (exact) mass is 277 g/mol. The van der Waals surface area contributed by atoms with Crippen LogP contribution in [0.4, 0.5) is 0 Å². The van der Waals surface area contributed by atoms with Crippen LogP contribution >= 0.6 is 0 Å². The molecule has 0 aromatic heterocycles. The van der Waals surface area contributed by atoms with Gasteiger partial charge in [-0.2, -0.15) is 5.26 Å². The average molecular weight is 277 g/mol. The first-order valence-corrected chi connectivity index (χ1v) is 8.37. The van der Waals surface area contributed by atoms with Crippen LogP contribution in [0.25, 0.3) is 0 Å². The molecular formula is C18H31NO. The molecule has 0 aromatic rings. The quantitative estimate of drug-likeness (QED) is 0.218. The molecule has 2 nitrogen and oxygen atoms in total. The van der Waals surface area contributed by atoms with Gasteiger partial charge in [-0.15, -0.1) is 0 Å². The van der Waals surface area contributed by atoms with E-state index in [1.165, 1.54) is 64.2 Å². The van der Waals surface area contributed by atoms with Crippen LogP contribution in [0.5, 0.6) is 0 Å². The van der Waals surface area contributed by atoms with Gasteiger partial charge in [0.25, 0.3) is 0 Å². The molecule has 0 aliphatic heterocycles. The summed E-state index contributed by atoms with van der Waals surface area (Å²) in [6.07, 6.45) is 21.8. The van der Waals surface area contributed by atoms with Crippen LogP contribution in [0.15, 0.2) is 12.2 Å². The third kappa shape index (κ3) is 16.9. The van der Waals surface area contributed by atoms with Gasteiger partial charge in [0.05, 0.1) is 6.07 Å². The molecule has 0 radical (unpaired) electrons. The lowest BCUT2D eigenvalue weighted by atomic mass is 10.1. The van der Waals surface area contributed by atoms with Gasteiger partial charge in [-0.1, -0.05) is 50.7 Å². The largest absolute Gasteiger partial charge is 0.303 e. The smallest absolute Gasteiger partial charge is 0.119 e. The zero-order chi connectivity index (χ0) is 14.7. The summed E-state index contributed by atoms with van der Waals surface area (Å²) < 4.78 is 0. The molecule has 0 spiro atoms. The maximum Gasteiger partial charge on any atom is 0.119 e. The number of rotatable bonds is 15. The molecule has 0 fully saturated rings. The molecule has 0 heterocycles. The molecular weight excluding hydrogens is 246 g/mol. The number of carbonyl (C=O) groups is 1. The highest BCUT2D eigenvalue weighted by Crippen LogP contribution is 2.09. The van der Waals surface area contributed by atoms with Gasteiger partial charge in [0.2, 0.25) is 0 Å². The number of unbranched alkanes of at least 4 members (excludes halogenated alkanes) is 12. The van der Waals surface area contributed by atoms with Crippen molar-refractivity contribution < 1.29 is 4.79 Å². The third-order valence-electron chi connectivity index (χ3n) is 3.52. The Kier molecular flexibility index (Phi) is 16.9. The third-order valence-corrected chi connectivity index (χ3v) is 3.52. The number of nitrogens with zero attached hydrogens (tertiary/aromatic N) is 1. The van der Waals surface area contributed by atoms with E-state index in [0.717, 1.165) is 32.0 Å². The van der Waals surface area contributed by atoms with Crippen LogP contribution in [-0.4, -0.2) is 6.29 Å². The van der Waals surface area contributed by atoms with Crippen LogP contribution in [0.1, 0.15) is 89.9 Å². The summed E-state index contributed by atoms with van der Waals surface area (Å²) in [5.41, 5.74) is 0. The Hall–Kier alpha value is -1.10. The van der Waals surface area contributed by atoms with E-state index in [9.17, 15) is 4.79 Å². The number of hydrogen-bond donors (Lipinski definition) is 0. The second-order valence-electron chi connectivity index (χ2n) is 5.45. The van der Waals surface area contributed by atoms with E-state index in [0.29, 0.717) is 0 Å². The van der Waals surface area contributed by atoms with Gasteiger partial charge in [0.1, 0.15) is 6.29 Å². The number of nitriles is 1. The maximum atomic E-state index is 10.1. The van der Waals surface area contributed by atoms with Gasteiger partial charge >= 0.3 is 0 Å². The van der Waals surface area contributed by atoms with Crippen molar-refractivity contribution in [2.75, 3.05) is 0 Å². The summed E-state index contributed by atoms with van der Waals surface area (Å²) >= 11 is 0. The molecule has 0 unspecified atom stereocenters. The van der Waals surface area contributed by atoms with Crippen molar-refractivity contribution in [1.82, 2.24) is 0 Å². The lowest BCUT2D eigenvalue weighted by molar-refractivity contribution is -0.107. The van der Waals surface area contributed by atoms with E-state index in [4.69, 9.17) is 5.26 Å². The summed E-state index contributed by atoms with van der Waals surface area (Å²) in [4.78, 5) is 10.1. The lowest BCUT2D eigenvalue weighted by Crippen LogP contribution is -1.80. The Morgan fingerprint density at radius 3 is 1.60 bits per heavy atom. The fourth-order valence-electron chi connectivity index (χ4n) is 2.25. The number of allylic oxidation sites excluding steroid dienone is 2. The van der Waals surface area contributed by atoms with Gasteiger partial charge in [-0.25, -0.2) is 0 Å². The van der Waals surface area contributed by atoms with Crippen LogP contribution < -0.4 is 0 Å². The predicted molar refractivity (Wildman–Crippen MR) is 85.5 cm³/mol. The first-order valence-electron chi connectivity index (χ1n) is 8.37. The van der Waals surface area contributed by atoms with Gasteiger partial charge in [-0.3, -0.25) is 0 Å². The van der Waals surface area contributed by atoms with Crippen LogP contribution in [0.2, 0.25) is 0 Å². The van der Waals surface area contributed by atoms with Gasteiger partial charge in [0.15, 0.2) is 0 Å². The van der Waals surface area contributed by atoms with Crippen molar-refractivity contribution in [3.05, 3.63) is 12.2 Å². The first kappa shape index (κ1) is 18.9. The minimum Gasteiger partial charge on any atom is -0.303 e. The Bertz CT molecular complexity index is 265.